The zero-order chi connectivity index (χ0) is 16.9. The van der Waals surface area contributed by atoms with Gasteiger partial charge in [-0.25, -0.2) is 0 Å². The van der Waals surface area contributed by atoms with Crippen molar-refractivity contribution in [2.45, 2.75) is 46.5 Å². The number of nitrogens with one attached hydrogen (secondary N) is 1. The van der Waals surface area contributed by atoms with Crippen molar-refractivity contribution in [2.24, 2.45) is 5.41 Å². The summed E-state index contributed by atoms with van der Waals surface area (Å²) in [6, 6.07) is 6.11. The second-order valence-corrected chi connectivity index (χ2v) is 6.76. The van der Waals surface area contributed by atoms with Gasteiger partial charge in [-0.05, 0) is 44.7 Å². The highest BCUT2D eigenvalue weighted by atomic mass is 16.3. The van der Waals surface area contributed by atoms with Crippen LogP contribution < -0.4 is 10.2 Å². The SMILES string of the molecule is CCC(CC)(CO)CNC(=O)c1cc(C)ccc1N1CCCC1. The number of carbonyl (C=O) groups is 1. The Morgan fingerprint density at radius 3 is 2.48 bits per heavy atom. The summed E-state index contributed by atoms with van der Waals surface area (Å²) in [6.45, 7) is 8.81. The van der Waals surface area contributed by atoms with Crippen LogP contribution in [0.2, 0.25) is 0 Å². The minimum Gasteiger partial charge on any atom is -0.396 e. The molecule has 4 nitrogen and oxygen atoms in total. The van der Waals surface area contributed by atoms with E-state index in [2.05, 4.69) is 36.2 Å². The molecule has 0 saturated carbocycles. The lowest BCUT2D eigenvalue weighted by molar-refractivity contribution is 0.0851. The van der Waals surface area contributed by atoms with E-state index in [9.17, 15) is 9.90 Å². The molecule has 0 aliphatic carbocycles. The molecule has 0 bridgehead atoms. The van der Waals surface area contributed by atoms with E-state index in [1.165, 1.54) is 12.8 Å². The molecule has 1 heterocycles. The van der Waals surface area contributed by atoms with Crippen LogP contribution in [0.3, 0.4) is 0 Å². The van der Waals surface area contributed by atoms with Crippen LogP contribution in [-0.2, 0) is 0 Å². The van der Waals surface area contributed by atoms with Gasteiger partial charge in [-0.2, -0.15) is 0 Å². The fourth-order valence-electron chi connectivity index (χ4n) is 3.21. The zero-order valence-corrected chi connectivity index (χ0v) is 14.7. The normalized spacial score (nSPS) is 15.0. The maximum Gasteiger partial charge on any atom is 0.253 e. The molecular weight excluding hydrogens is 288 g/mol. The Bertz CT molecular complexity index is 524. The van der Waals surface area contributed by atoms with Crippen LogP contribution in [0.4, 0.5) is 5.69 Å². The maximum atomic E-state index is 12.7. The fraction of sp³-hybridized carbons (Fsp3) is 0.632. The Hall–Kier alpha value is -1.55. The predicted octanol–water partition coefficient (Wildman–Crippen LogP) is 3.12. The summed E-state index contributed by atoms with van der Waals surface area (Å²) in [6.07, 6.45) is 4.09. The molecule has 128 valence electrons. The molecule has 0 radical (unpaired) electrons. The molecule has 0 atom stereocenters. The fourth-order valence-corrected chi connectivity index (χ4v) is 3.21. The zero-order valence-electron chi connectivity index (χ0n) is 14.7. The van der Waals surface area contributed by atoms with Crippen LogP contribution in [0.5, 0.6) is 0 Å². The Morgan fingerprint density at radius 1 is 1.26 bits per heavy atom. The van der Waals surface area contributed by atoms with Crippen molar-refractivity contribution >= 4 is 11.6 Å². The first kappa shape index (κ1) is 17.8. The molecule has 4 heteroatoms. The first-order valence-corrected chi connectivity index (χ1v) is 8.80. The molecule has 23 heavy (non-hydrogen) atoms. The molecule has 1 aliphatic heterocycles. The minimum atomic E-state index is -0.215. The lowest BCUT2D eigenvalue weighted by Crippen LogP contribution is -2.39. The third kappa shape index (κ3) is 4.05. The van der Waals surface area contributed by atoms with Crippen molar-refractivity contribution in [3.05, 3.63) is 29.3 Å². The number of aliphatic hydroxyl groups is 1. The molecule has 1 amide bonds. The number of anilines is 1. The van der Waals surface area contributed by atoms with Gasteiger partial charge in [0.15, 0.2) is 0 Å². The van der Waals surface area contributed by atoms with Gasteiger partial charge in [-0.3, -0.25) is 4.79 Å². The molecule has 0 unspecified atom stereocenters. The summed E-state index contributed by atoms with van der Waals surface area (Å²) < 4.78 is 0. The highest BCUT2D eigenvalue weighted by molar-refractivity contribution is 6.00. The monoisotopic (exact) mass is 318 g/mol. The van der Waals surface area contributed by atoms with Crippen LogP contribution in [0.1, 0.15) is 55.5 Å². The summed E-state index contributed by atoms with van der Waals surface area (Å²) in [4.78, 5) is 15.0. The van der Waals surface area contributed by atoms with Gasteiger partial charge in [-0.15, -0.1) is 0 Å². The van der Waals surface area contributed by atoms with Crippen LogP contribution in [0, 0.1) is 12.3 Å². The molecule has 1 fully saturated rings. The predicted molar refractivity (Wildman–Crippen MR) is 95.1 cm³/mol. The van der Waals surface area contributed by atoms with E-state index in [4.69, 9.17) is 0 Å². The van der Waals surface area contributed by atoms with Gasteiger partial charge in [0.2, 0.25) is 0 Å². The third-order valence-corrected chi connectivity index (χ3v) is 5.30. The van der Waals surface area contributed by atoms with Crippen molar-refractivity contribution in [1.29, 1.82) is 0 Å². The molecule has 2 rings (SSSR count). The van der Waals surface area contributed by atoms with Gasteiger partial charge in [0.25, 0.3) is 5.91 Å². The summed E-state index contributed by atoms with van der Waals surface area (Å²) in [5.41, 5.74) is 2.67. The van der Waals surface area contributed by atoms with E-state index in [1.54, 1.807) is 0 Å². The molecular formula is C19H30N2O2. The van der Waals surface area contributed by atoms with E-state index in [0.29, 0.717) is 6.54 Å². The van der Waals surface area contributed by atoms with Crippen LogP contribution >= 0.6 is 0 Å². The average Bonchev–Trinajstić information content (AvgIpc) is 3.10. The summed E-state index contributed by atoms with van der Waals surface area (Å²) in [5.74, 6) is -0.0321. The number of aliphatic hydroxyl groups excluding tert-OH is 1. The van der Waals surface area contributed by atoms with Gasteiger partial charge in [0.05, 0.1) is 12.2 Å². The van der Waals surface area contributed by atoms with Gasteiger partial charge < -0.3 is 15.3 Å². The second kappa shape index (κ2) is 7.82. The van der Waals surface area contributed by atoms with Crippen LogP contribution in [-0.4, -0.2) is 37.3 Å². The number of benzene rings is 1. The van der Waals surface area contributed by atoms with E-state index < -0.39 is 0 Å². The topological polar surface area (TPSA) is 52.6 Å². The first-order chi connectivity index (χ1) is 11.0. The number of rotatable bonds is 7. The minimum absolute atomic E-state index is 0.0321. The Balaban J connectivity index is 2.16. The maximum absolute atomic E-state index is 12.7. The second-order valence-electron chi connectivity index (χ2n) is 6.76. The highest BCUT2D eigenvalue weighted by Crippen LogP contribution is 2.27. The van der Waals surface area contributed by atoms with Gasteiger partial charge >= 0.3 is 0 Å². The van der Waals surface area contributed by atoms with Crippen molar-refractivity contribution in [2.75, 3.05) is 31.1 Å². The molecule has 2 N–H and O–H groups in total. The molecule has 0 spiro atoms. The van der Waals surface area contributed by atoms with E-state index in [0.717, 1.165) is 42.7 Å². The third-order valence-electron chi connectivity index (χ3n) is 5.30. The summed E-state index contributed by atoms with van der Waals surface area (Å²) >= 11 is 0. The summed E-state index contributed by atoms with van der Waals surface area (Å²) in [7, 11) is 0. The number of nitrogens with zero attached hydrogens (tertiary/aromatic N) is 1. The van der Waals surface area contributed by atoms with E-state index in [1.807, 2.05) is 13.0 Å². The molecule has 1 saturated heterocycles. The first-order valence-electron chi connectivity index (χ1n) is 8.80. The lowest BCUT2D eigenvalue weighted by atomic mass is 9.83. The van der Waals surface area contributed by atoms with Crippen LogP contribution in [0.25, 0.3) is 0 Å². The smallest absolute Gasteiger partial charge is 0.253 e. The Morgan fingerprint density at radius 2 is 1.91 bits per heavy atom. The van der Waals surface area contributed by atoms with Crippen molar-refractivity contribution in [1.82, 2.24) is 5.32 Å². The van der Waals surface area contributed by atoms with Crippen molar-refractivity contribution < 1.29 is 9.90 Å². The quantitative estimate of drug-likeness (QED) is 0.812. The Labute approximate surface area is 139 Å². The largest absolute Gasteiger partial charge is 0.396 e. The standard InChI is InChI=1S/C19H30N2O2/c1-4-19(5-2,14-22)13-20-18(23)16-12-15(3)8-9-17(16)21-10-6-7-11-21/h8-9,12,22H,4-7,10-11,13-14H2,1-3H3,(H,20,23). The molecule has 1 aromatic carbocycles. The number of aryl methyl sites for hydroxylation is 1. The number of hydrogen-bond donors (Lipinski definition) is 2. The molecule has 0 aromatic heterocycles. The number of carbonyl (C=O) groups excluding carboxylic acids is 1. The highest BCUT2D eigenvalue weighted by Gasteiger charge is 2.27. The van der Waals surface area contributed by atoms with Crippen molar-refractivity contribution in [3.8, 4) is 0 Å². The van der Waals surface area contributed by atoms with Gasteiger partial charge in [0.1, 0.15) is 0 Å². The number of hydrogen-bond acceptors (Lipinski definition) is 3. The molecule has 1 aliphatic rings. The van der Waals surface area contributed by atoms with E-state index >= 15 is 0 Å². The summed E-state index contributed by atoms with van der Waals surface area (Å²) in [5, 5.41) is 12.7. The van der Waals surface area contributed by atoms with Gasteiger partial charge in [0, 0.05) is 30.7 Å². The molecule has 1 aromatic rings. The van der Waals surface area contributed by atoms with Gasteiger partial charge in [-0.1, -0.05) is 25.5 Å². The van der Waals surface area contributed by atoms with Crippen molar-refractivity contribution in [3.63, 3.8) is 0 Å². The van der Waals surface area contributed by atoms with Crippen LogP contribution in [0.15, 0.2) is 18.2 Å². The lowest BCUT2D eigenvalue weighted by Gasteiger charge is -2.30. The number of amides is 1. The average molecular weight is 318 g/mol. The Kier molecular flexibility index (Phi) is 6.05. The van der Waals surface area contributed by atoms with E-state index in [-0.39, 0.29) is 17.9 Å².